The Morgan fingerprint density at radius 3 is 2.86 bits per heavy atom. The van der Waals surface area contributed by atoms with Gasteiger partial charge >= 0.3 is 0 Å². The molecule has 1 saturated heterocycles. The van der Waals surface area contributed by atoms with Crippen LogP contribution in [0.5, 0.6) is 0 Å². The molecule has 3 N–H and O–H groups in total. The molecule has 4 aliphatic carbocycles. The summed E-state index contributed by atoms with van der Waals surface area (Å²) >= 11 is 0. The maximum Gasteiger partial charge on any atom is 0.227 e. The van der Waals surface area contributed by atoms with Gasteiger partial charge in [0.2, 0.25) is 5.91 Å². The largest absolute Gasteiger partial charge is 0.390 e. The summed E-state index contributed by atoms with van der Waals surface area (Å²) < 4.78 is 5.96. The molecule has 1 heterocycles. The molecule has 2 unspecified atom stereocenters. The molecular formula is C23H32N2O3. The number of β-amino-alcohol motifs (C(OH)–C–C–N with tert-alkyl or cyclic N) is 1. The number of ether oxygens (including phenoxy) is 1. The van der Waals surface area contributed by atoms with E-state index in [1.165, 1.54) is 5.56 Å². The first-order valence-corrected chi connectivity index (χ1v) is 10.9. The van der Waals surface area contributed by atoms with E-state index < -0.39 is 6.10 Å². The molecule has 4 bridgehead atoms. The zero-order chi connectivity index (χ0) is 19.4. The summed E-state index contributed by atoms with van der Waals surface area (Å²) in [7, 11) is 0. The van der Waals surface area contributed by atoms with Crippen molar-refractivity contribution in [3.63, 3.8) is 0 Å². The molecule has 1 amide bonds. The number of carbonyl (C=O) groups excluding carboxylic acids is 1. The van der Waals surface area contributed by atoms with E-state index in [0.29, 0.717) is 25.7 Å². The summed E-state index contributed by atoms with van der Waals surface area (Å²) in [4.78, 5) is 13.7. The molecule has 1 aromatic rings. The number of nitrogens with one attached hydrogen (secondary N) is 2. The Morgan fingerprint density at radius 2 is 2.11 bits per heavy atom. The lowest BCUT2D eigenvalue weighted by atomic mass is 9.67. The number of hydrogen-bond donors (Lipinski definition) is 3. The van der Waals surface area contributed by atoms with E-state index in [9.17, 15) is 9.90 Å². The van der Waals surface area contributed by atoms with Crippen molar-refractivity contribution in [2.45, 2.75) is 56.6 Å². The summed E-state index contributed by atoms with van der Waals surface area (Å²) in [5.41, 5.74) is 1.09. The molecule has 0 aromatic heterocycles. The normalized spacial score (nSPS) is 43.6. The average Bonchev–Trinajstić information content (AvgIpc) is 3.39. The van der Waals surface area contributed by atoms with Crippen molar-refractivity contribution in [3.05, 3.63) is 35.9 Å². The first kappa shape index (κ1) is 18.6. The quantitative estimate of drug-likeness (QED) is 0.702. The van der Waals surface area contributed by atoms with Gasteiger partial charge in [0.05, 0.1) is 24.2 Å². The van der Waals surface area contributed by atoms with Crippen LogP contribution in [0.15, 0.2) is 30.3 Å². The van der Waals surface area contributed by atoms with Gasteiger partial charge in [-0.1, -0.05) is 30.3 Å². The third-order valence-electron chi connectivity index (χ3n) is 8.43. The number of benzene rings is 1. The van der Waals surface area contributed by atoms with Crippen LogP contribution in [0.4, 0.5) is 0 Å². The van der Waals surface area contributed by atoms with Crippen LogP contribution in [-0.4, -0.2) is 49.5 Å². The van der Waals surface area contributed by atoms with Crippen LogP contribution in [0.1, 0.15) is 44.6 Å². The van der Waals surface area contributed by atoms with Crippen molar-refractivity contribution in [3.8, 4) is 0 Å². The maximum absolute atomic E-state index is 13.7. The van der Waals surface area contributed by atoms with Crippen molar-refractivity contribution in [1.82, 2.24) is 10.6 Å². The number of aliphatic hydroxyl groups excluding tert-OH is 1. The summed E-state index contributed by atoms with van der Waals surface area (Å²) in [5, 5.41) is 16.8. The van der Waals surface area contributed by atoms with Gasteiger partial charge in [0, 0.05) is 18.6 Å². The second-order valence-electron chi connectivity index (χ2n) is 9.62. The fraction of sp³-hybridized carbons (Fsp3) is 0.696. The molecule has 4 saturated carbocycles. The zero-order valence-corrected chi connectivity index (χ0v) is 16.7. The van der Waals surface area contributed by atoms with E-state index in [4.69, 9.17) is 4.74 Å². The number of aliphatic hydroxyl groups is 1. The van der Waals surface area contributed by atoms with Crippen LogP contribution < -0.4 is 10.6 Å². The minimum Gasteiger partial charge on any atom is -0.390 e. The zero-order valence-electron chi connectivity index (χ0n) is 16.7. The highest BCUT2D eigenvalue weighted by molar-refractivity contribution is 5.86. The molecule has 1 aliphatic heterocycles. The molecule has 0 spiro atoms. The number of rotatable bonds is 6. The Balaban J connectivity index is 1.47. The van der Waals surface area contributed by atoms with Crippen molar-refractivity contribution >= 4 is 5.91 Å². The molecule has 5 nitrogen and oxygen atoms in total. The van der Waals surface area contributed by atoms with Gasteiger partial charge in [-0.15, -0.1) is 0 Å². The van der Waals surface area contributed by atoms with E-state index in [-0.39, 0.29) is 28.2 Å². The first-order valence-electron chi connectivity index (χ1n) is 10.9. The molecule has 0 radical (unpaired) electrons. The van der Waals surface area contributed by atoms with Gasteiger partial charge in [0.25, 0.3) is 0 Å². The van der Waals surface area contributed by atoms with Gasteiger partial charge in [-0.25, -0.2) is 0 Å². The van der Waals surface area contributed by atoms with Crippen LogP contribution in [0.25, 0.3) is 0 Å². The highest BCUT2D eigenvalue weighted by atomic mass is 16.5. The monoisotopic (exact) mass is 384 g/mol. The maximum atomic E-state index is 13.7. The van der Waals surface area contributed by atoms with E-state index in [1.54, 1.807) is 0 Å². The Kier molecular flexibility index (Phi) is 4.34. The fourth-order valence-electron chi connectivity index (χ4n) is 7.25. The van der Waals surface area contributed by atoms with E-state index in [2.05, 4.69) is 41.0 Å². The lowest BCUT2D eigenvalue weighted by molar-refractivity contribution is -0.140. The van der Waals surface area contributed by atoms with Gasteiger partial charge in [-0.2, -0.15) is 0 Å². The summed E-state index contributed by atoms with van der Waals surface area (Å²) in [6.07, 6.45) is 4.31. The predicted molar refractivity (Wildman–Crippen MR) is 107 cm³/mol. The van der Waals surface area contributed by atoms with Crippen molar-refractivity contribution in [2.24, 2.45) is 16.7 Å². The van der Waals surface area contributed by atoms with Gasteiger partial charge in [0.1, 0.15) is 0 Å². The van der Waals surface area contributed by atoms with Crippen LogP contribution in [-0.2, 0) is 14.9 Å². The lowest BCUT2D eigenvalue weighted by Gasteiger charge is -2.41. The molecule has 5 fully saturated rings. The second-order valence-corrected chi connectivity index (χ2v) is 9.62. The number of piperidine rings is 1. The van der Waals surface area contributed by atoms with E-state index in [1.807, 2.05) is 6.92 Å². The molecule has 6 atom stereocenters. The van der Waals surface area contributed by atoms with Crippen molar-refractivity contribution in [1.29, 1.82) is 0 Å². The Hall–Kier alpha value is -1.43. The van der Waals surface area contributed by atoms with Crippen LogP contribution in [0.3, 0.4) is 0 Å². The van der Waals surface area contributed by atoms with E-state index >= 15 is 0 Å². The Morgan fingerprint density at radius 1 is 1.29 bits per heavy atom. The topological polar surface area (TPSA) is 70.6 Å². The number of carbonyl (C=O) groups is 1. The Labute approximate surface area is 167 Å². The minimum absolute atomic E-state index is 0.0640. The third-order valence-corrected chi connectivity index (χ3v) is 8.43. The molecule has 28 heavy (non-hydrogen) atoms. The molecule has 1 aromatic carbocycles. The highest BCUT2D eigenvalue weighted by Gasteiger charge is 2.80. The van der Waals surface area contributed by atoms with Crippen molar-refractivity contribution < 1.29 is 14.6 Å². The number of amides is 1. The van der Waals surface area contributed by atoms with Gasteiger partial charge in [-0.05, 0) is 62.5 Å². The average molecular weight is 385 g/mol. The molecule has 152 valence electrons. The van der Waals surface area contributed by atoms with Crippen LogP contribution in [0.2, 0.25) is 0 Å². The molecule has 5 heteroatoms. The third kappa shape index (κ3) is 2.39. The van der Waals surface area contributed by atoms with Gasteiger partial charge < -0.3 is 20.5 Å². The summed E-state index contributed by atoms with van der Waals surface area (Å²) in [6.45, 7) is 4.80. The standard InChI is InChI=1S/C23H32N2O3/c1-2-28-15-21-10-17-11-23(21,20(27)25-18-8-9-24-12-19(18)26)14-22(17,13-21)16-6-4-3-5-7-16/h3-7,17-19,24,26H,2,8-15H2,1H3,(H,25,27)/t17?,18-,19-,21-,22+,23?/m1/s1. The first-order chi connectivity index (χ1) is 13.6. The second kappa shape index (κ2) is 6.54. The van der Waals surface area contributed by atoms with Crippen LogP contribution >= 0.6 is 0 Å². The SMILES string of the molecule is CCOC[C@]12CC3CC1(C(=O)N[C@@H]1CCNC[C@H]1O)C[C@]3(c1ccccc1)C2. The van der Waals surface area contributed by atoms with E-state index in [0.717, 1.165) is 38.6 Å². The summed E-state index contributed by atoms with van der Waals surface area (Å²) in [6, 6.07) is 10.7. The Bertz CT molecular complexity index is 755. The highest BCUT2D eigenvalue weighted by Crippen LogP contribution is 2.81. The molecular weight excluding hydrogens is 352 g/mol. The number of hydrogen-bond acceptors (Lipinski definition) is 4. The fourth-order valence-corrected chi connectivity index (χ4v) is 7.25. The smallest absolute Gasteiger partial charge is 0.227 e. The lowest BCUT2D eigenvalue weighted by Crippen LogP contribution is -2.57. The molecule has 5 aliphatic rings. The van der Waals surface area contributed by atoms with Crippen molar-refractivity contribution in [2.75, 3.05) is 26.3 Å². The summed E-state index contributed by atoms with van der Waals surface area (Å²) in [5.74, 6) is 0.718. The molecule has 6 rings (SSSR count). The van der Waals surface area contributed by atoms with Crippen LogP contribution in [0, 0.1) is 16.7 Å². The van der Waals surface area contributed by atoms with Gasteiger partial charge in [0.15, 0.2) is 0 Å². The predicted octanol–water partition coefficient (Wildman–Crippen LogP) is 1.99. The van der Waals surface area contributed by atoms with Gasteiger partial charge in [-0.3, -0.25) is 4.79 Å². The minimum atomic E-state index is -0.506.